The Morgan fingerprint density at radius 2 is 2.45 bits per heavy atom. The zero-order valence-electron chi connectivity index (χ0n) is 6.89. The average molecular weight is 170 g/mol. The Balaban J connectivity index is 2.54. The van der Waals surface area contributed by atoms with E-state index >= 15 is 0 Å². The molecule has 2 nitrogen and oxygen atoms in total. The predicted molar refractivity (Wildman–Crippen MR) is 51.4 cm³/mol. The molecule has 0 aromatic carbocycles. The predicted octanol–water partition coefficient (Wildman–Crippen LogP) is 1.24. The van der Waals surface area contributed by atoms with Crippen LogP contribution in [0.1, 0.15) is 0 Å². The molecular formula is C8H14N2S. The van der Waals surface area contributed by atoms with Gasteiger partial charge in [0.05, 0.1) is 5.03 Å². The number of thioether (sulfide) groups is 1. The number of piperazine rings is 1. The Labute approximate surface area is 72.3 Å². The third kappa shape index (κ3) is 2.01. The van der Waals surface area contributed by atoms with Crippen molar-refractivity contribution in [3.8, 4) is 0 Å². The highest BCUT2D eigenvalue weighted by atomic mass is 32.2. The average Bonchev–Trinajstić information content (AvgIpc) is 2.04. The summed E-state index contributed by atoms with van der Waals surface area (Å²) in [5, 5.41) is 4.35. The molecule has 0 saturated carbocycles. The first-order chi connectivity index (χ1) is 5.25. The first-order valence-electron chi connectivity index (χ1n) is 3.64. The van der Waals surface area contributed by atoms with Gasteiger partial charge < -0.3 is 10.2 Å². The highest BCUT2D eigenvalue weighted by Gasteiger charge is 2.13. The van der Waals surface area contributed by atoms with E-state index in [1.54, 1.807) is 11.8 Å². The van der Waals surface area contributed by atoms with Gasteiger partial charge in [0.25, 0.3) is 0 Å². The molecule has 3 heteroatoms. The van der Waals surface area contributed by atoms with Crippen molar-refractivity contribution in [1.82, 2.24) is 10.2 Å². The molecule has 0 unspecified atom stereocenters. The van der Waals surface area contributed by atoms with Crippen LogP contribution < -0.4 is 5.32 Å². The van der Waals surface area contributed by atoms with Gasteiger partial charge in [0.15, 0.2) is 0 Å². The maximum absolute atomic E-state index is 3.95. The number of hydrogen-bond acceptors (Lipinski definition) is 3. The lowest BCUT2D eigenvalue weighted by molar-refractivity contribution is 0.388. The molecule has 1 fully saturated rings. The van der Waals surface area contributed by atoms with E-state index in [9.17, 15) is 0 Å². The molecule has 1 rings (SSSR count). The fourth-order valence-electron chi connectivity index (χ4n) is 1.09. The summed E-state index contributed by atoms with van der Waals surface area (Å²) >= 11 is 1.68. The zero-order valence-corrected chi connectivity index (χ0v) is 7.71. The SMILES string of the molecule is C=C1CNCCN1C(=C)SC. The molecule has 1 aliphatic heterocycles. The van der Waals surface area contributed by atoms with E-state index < -0.39 is 0 Å². The lowest BCUT2D eigenvalue weighted by Gasteiger charge is -2.31. The van der Waals surface area contributed by atoms with Gasteiger partial charge in [-0.05, 0) is 6.26 Å². The highest BCUT2D eigenvalue weighted by molar-refractivity contribution is 8.02. The van der Waals surface area contributed by atoms with Crippen LogP contribution >= 0.6 is 11.8 Å². The summed E-state index contributed by atoms with van der Waals surface area (Å²) in [5.41, 5.74) is 1.12. The minimum Gasteiger partial charge on any atom is -0.338 e. The van der Waals surface area contributed by atoms with Gasteiger partial charge in [-0.2, -0.15) is 0 Å². The molecule has 0 atom stereocenters. The maximum Gasteiger partial charge on any atom is 0.0674 e. The van der Waals surface area contributed by atoms with Crippen molar-refractivity contribution in [2.24, 2.45) is 0 Å². The molecule has 1 saturated heterocycles. The quantitative estimate of drug-likeness (QED) is 0.671. The van der Waals surface area contributed by atoms with Crippen LogP contribution in [0.15, 0.2) is 23.9 Å². The van der Waals surface area contributed by atoms with Gasteiger partial charge in [0.1, 0.15) is 0 Å². The van der Waals surface area contributed by atoms with E-state index in [0.29, 0.717) is 0 Å². The van der Waals surface area contributed by atoms with Crippen molar-refractivity contribution >= 4 is 11.8 Å². The Kier molecular flexibility index (Phi) is 3.02. The van der Waals surface area contributed by atoms with Crippen molar-refractivity contribution < 1.29 is 0 Å². The summed E-state index contributed by atoms with van der Waals surface area (Å²) < 4.78 is 0. The van der Waals surface area contributed by atoms with Crippen LogP contribution in [0.4, 0.5) is 0 Å². The lowest BCUT2D eigenvalue weighted by Crippen LogP contribution is -2.39. The molecule has 11 heavy (non-hydrogen) atoms. The second kappa shape index (κ2) is 3.83. The van der Waals surface area contributed by atoms with E-state index in [4.69, 9.17) is 0 Å². The molecular weight excluding hydrogens is 156 g/mol. The second-order valence-electron chi connectivity index (χ2n) is 2.49. The summed E-state index contributed by atoms with van der Waals surface area (Å²) in [6, 6.07) is 0. The number of hydrogen-bond donors (Lipinski definition) is 1. The normalized spacial score (nSPS) is 18.6. The smallest absolute Gasteiger partial charge is 0.0674 e. The molecule has 0 spiro atoms. The fraction of sp³-hybridized carbons (Fsp3) is 0.500. The molecule has 1 N–H and O–H groups in total. The maximum atomic E-state index is 3.95. The Morgan fingerprint density at radius 1 is 1.73 bits per heavy atom. The van der Waals surface area contributed by atoms with Crippen LogP contribution in [0.3, 0.4) is 0 Å². The summed E-state index contributed by atoms with van der Waals surface area (Å²) in [4.78, 5) is 2.17. The molecule has 1 heterocycles. The van der Waals surface area contributed by atoms with E-state index in [2.05, 4.69) is 23.4 Å². The van der Waals surface area contributed by atoms with Crippen LogP contribution in [-0.4, -0.2) is 30.8 Å². The molecule has 0 radical (unpaired) electrons. The first-order valence-corrected chi connectivity index (χ1v) is 4.87. The van der Waals surface area contributed by atoms with Crippen molar-refractivity contribution in [2.45, 2.75) is 0 Å². The van der Waals surface area contributed by atoms with Gasteiger partial charge in [-0.15, -0.1) is 11.8 Å². The van der Waals surface area contributed by atoms with E-state index in [1.807, 2.05) is 6.26 Å². The lowest BCUT2D eigenvalue weighted by atomic mass is 10.3. The van der Waals surface area contributed by atoms with Crippen LogP contribution in [0, 0.1) is 0 Å². The van der Waals surface area contributed by atoms with Crippen molar-refractivity contribution in [2.75, 3.05) is 25.9 Å². The molecule has 0 aromatic heterocycles. The molecule has 0 bridgehead atoms. The molecule has 0 aliphatic carbocycles. The minimum absolute atomic E-state index is 0.888. The standard InChI is InChI=1S/C8H14N2S/c1-7-6-9-4-5-10(7)8(2)11-3/h9H,1-2,4-6H2,3H3. The second-order valence-corrected chi connectivity index (χ2v) is 3.37. The van der Waals surface area contributed by atoms with Gasteiger partial charge in [0.2, 0.25) is 0 Å². The molecule has 1 aliphatic rings. The first kappa shape index (κ1) is 8.68. The van der Waals surface area contributed by atoms with Gasteiger partial charge in [0, 0.05) is 25.3 Å². The van der Waals surface area contributed by atoms with Gasteiger partial charge in [-0.1, -0.05) is 13.2 Å². The largest absolute Gasteiger partial charge is 0.338 e. The van der Waals surface area contributed by atoms with E-state index in [1.165, 1.54) is 0 Å². The van der Waals surface area contributed by atoms with Gasteiger partial charge >= 0.3 is 0 Å². The topological polar surface area (TPSA) is 15.3 Å². The molecule has 0 aromatic rings. The number of nitrogens with one attached hydrogen (secondary N) is 1. The van der Waals surface area contributed by atoms with Crippen molar-refractivity contribution in [1.29, 1.82) is 0 Å². The van der Waals surface area contributed by atoms with E-state index in [-0.39, 0.29) is 0 Å². The van der Waals surface area contributed by atoms with Crippen molar-refractivity contribution in [3.63, 3.8) is 0 Å². The Bertz CT molecular complexity index is 169. The number of nitrogens with zero attached hydrogens (tertiary/aromatic N) is 1. The highest BCUT2D eigenvalue weighted by Crippen LogP contribution is 2.19. The van der Waals surface area contributed by atoms with E-state index in [0.717, 1.165) is 30.4 Å². The summed E-state index contributed by atoms with van der Waals surface area (Å²) in [6.07, 6.45) is 2.04. The fourth-order valence-corrected chi connectivity index (χ4v) is 1.53. The summed E-state index contributed by atoms with van der Waals surface area (Å²) in [5.74, 6) is 0. The Morgan fingerprint density at radius 3 is 3.00 bits per heavy atom. The third-order valence-corrected chi connectivity index (χ3v) is 2.45. The minimum atomic E-state index is 0.888. The van der Waals surface area contributed by atoms with Crippen LogP contribution in [0.5, 0.6) is 0 Å². The molecule has 0 amide bonds. The summed E-state index contributed by atoms with van der Waals surface area (Å²) in [6.45, 7) is 10.8. The third-order valence-electron chi connectivity index (χ3n) is 1.76. The monoisotopic (exact) mass is 170 g/mol. The summed E-state index contributed by atoms with van der Waals surface area (Å²) in [7, 11) is 0. The Hall–Kier alpha value is -0.410. The van der Waals surface area contributed by atoms with Gasteiger partial charge in [-0.3, -0.25) is 0 Å². The number of rotatable bonds is 2. The van der Waals surface area contributed by atoms with Gasteiger partial charge in [-0.25, -0.2) is 0 Å². The van der Waals surface area contributed by atoms with Crippen LogP contribution in [-0.2, 0) is 0 Å². The van der Waals surface area contributed by atoms with Crippen LogP contribution in [0.2, 0.25) is 0 Å². The molecule has 62 valence electrons. The zero-order chi connectivity index (χ0) is 8.27. The van der Waals surface area contributed by atoms with Crippen molar-refractivity contribution in [3.05, 3.63) is 23.9 Å². The van der Waals surface area contributed by atoms with Crippen LogP contribution in [0.25, 0.3) is 0 Å².